The monoisotopic (exact) mass is 462 g/mol. The Labute approximate surface area is 183 Å². The number of pyridine rings is 1. The second-order valence-electron chi connectivity index (χ2n) is 8.23. The van der Waals surface area contributed by atoms with Crippen molar-refractivity contribution < 1.29 is 17.6 Å². The zero-order chi connectivity index (χ0) is 21.9. The van der Waals surface area contributed by atoms with Crippen LogP contribution in [-0.4, -0.2) is 40.6 Å². The summed E-state index contributed by atoms with van der Waals surface area (Å²) < 4.78 is 39.8. The maximum atomic E-state index is 14.2. The number of sulfone groups is 1. The third-order valence-corrected chi connectivity index (χ3v) is 7.81. The third-order valence-electron chi connectivity index (χ3n) is 5.83. The number of carbonyl (C=O) groups is 1. The Morgan fingerprint density at radius 2 is 2.03 bits per heavy atom. The quantitative estimate of drug-likeness (QED) is 0.632. The predicted molar refractivity (Wildman–Crippen MR) is 116 cm³/mol. The highest BCUT2D eigenvalue weighted by molar-refractivity contribution is 7.91. The van der Waals surface area contributed by atoms with Crippen molar-refractivity contribution in [2.75, 3.05) is 16.8 Å². The molecule has 10 heteroatoms. The molecule has 31 heavy (non-hydrogen) atoms. The molecule has 3 heterocycles. The van der Waals surface area contributed by atoms with Crippen LogP contribution in [0.25, 0.3) is 11.0 Å². The first kappa shape index (κ1) is 20.4. The van der Waals surface area contributed by atoms with E-state index < -0.39 is 21.6 Å². The minimum absolute atomic E-state index is 0.00775. The van der Waals surface area contributed by atoms with Crippen LogP contribution in [0.15, 0.2) is 24.3 Å². The van der Waals surface area contributed by atoms with Gasteiger partial charge in [0.15, 0.2) is 15.5 Å². The normalized spacial score (nSPS) is 20.3. The van der Waals surface area contributed by atoms with Crippen molar-refractivity contribution in [3.8, 4) is 0 Å². The number of rotatable bonds is 4. The first-order valence-corrected chi connectivity index (χ1v) is 12.3. The lowest BCUT2D eigenvalue weighted by atomic mass is 10.1. The summed E-state index contributed by atoms with van der Waals surface area (Å²) in [4.78, 5) is 18.0. The number of carbonyl (C=O) groups excluding carboxylic acids is 1. The van der Waals surface area contributed by atoms with Gasteiger partial charge in [0.25, 0.3) is 5.91 Å². The number of hydrogen-bond donors (Lipinski definition) is 1. The second-order valence-corrected chi connectivity index (χ2v) is 10.9. The van der Waals surface area contributed by atoms with Crippen molar-refractivity contribution in [2.45, 2.75) is 38.1 Å². The average Bonchev–Trinajstić information content (AvgIpc) is 3.43. The number of nitrogens with zero attached hydrogens (tertiary/aromatic N) is 3. The molecule has 0 bridgehead atoms. The number of amides is 1. The van der Waals surface area contributed by atoms with Crippen molar-refractivity contribution in [2.24, 2.45) is 0 Å². The number of hydrogen-bond acceptors (Lipinski definition) is 5. The molecule has 0 radical (unpaired) electrons. The van der Waals surface area contributed by atoms with Gasteiger partial charge in [0, 0.05) is 16.6 Å². The Morgan fingerprint density at radius 3 is 2.71 bits per heavy atom. The Kier molecular flexibility index (Phi) is 4.78. The molecule has 1 amide bonds. The molecule has 1 N–H and O–H groups in total. The maximum Gasteiger partial charge on any atom is 0.256 e. The summed E-state index contributed by atoms with van der Waals surface area (Å²) in [6.45, 7) is 1.76. The fourth-order valence-corrected chi connectivity index (χ4v) is 5.97. The van der Waals surface area contributed by atoms with Crippen LogP contribution in [0.4, 0.5) is 10.1 Å². The first-order chi connectivity index (χ1) is 14.7. The minimum Gasteiger partial charge on any atom is -0.319 e. The molecule has 1 saturated carbocycles. The highest BCUT2D eigenvalue weighted by Crippen LogP contribution is 2.41. The highest BCUT2D eigenvalue weighted by Gasteiger charge is 2.34. The summed E-state index contributed by atoms with van der Waals surface area (Å²) >= 11 is 5.95. The Hall–Kier alpha value is -2.52. The highest BCUT2D eigenvalue weighted by atomic mass is 35.5. The van der Waals surface area contributed by atoms with Crippen molar-refractivity contribution in [1.82, 2.24) is 14.8 Å². The second kappa shape index (κ2) is 7.27. The van der Waals surface area contributed by atoms with Crippen LogP contribution >= 0.6 is 11.6 Å². The van der Waals surface area contributed by atoms with Gasteiger partial charge in [-0.1, -0.05) is 11.6 Å². The van der Waals surface area contributed by atoms with Crippen molar-refractivity contribution >= 4 is 44.1 Å². The number of nitrogens with one attached hydrogen (secondary N) is 1. The van der Waals surface area contributed by atoms with Crippen LogP contribution in [0.3, 0.4) is 0 Å². The molecule has 2 aliphatic rings. The molecule has 1 atom stereocenters. The lowest BCUT2D eigenvalue weighted by molar-refractivity contribution is 0.102. The molecular formula is C21H20ClFN4O3S. The summed E-state index contributed by atoms with van der Waals surface area (Å²) in [6, 6.07) is 5.38. The van der Waals surface area contributed by atoms with Crippen molar-refractivity contribution in [3.63, 3.8) is 0 Å². The fraction of sp³-hybridized carbons (Fsp3) is 0.381. The number of benzene rings is 1. The van der Waals surface area contributed by atoms with E-state index in [1.54, 1.807) is 17.7 Å². The first-order valence-electron chi connectivity index (χ1n) is 10.1. The molecule has 0 spiro atoms. The standard InChI is InChI=1S/C21H20ClFN4O3S/c1-11-19-15(21(28)25-18-8-13(22)4-5-16(18)23)9-17(12-2-3-12)24-20(19)27(26-11)14-6-7-31(29,30)10-14/h4-5,8-9,12,14H,2-3,6-7,10H2,1H3,(H,25,28)/t14-/m0/s1. The van der Waals surface area contributed by atoms with E-state index in [1.165, 1.54) is 18.2 Å². The smallest absolute Gasteiger partial charge is 0.256 e. The van der Waals surface area contributed by atoms with Crippen LogP contribution < -0.4 is 5.32 Å². The van der Waals surface area contributed by atoms with E-state index in [4.69, 9.17) is 16.6 Å². The molecule has 1 aromatic carbocycles. The van der Waals surface area contributed by atoms with E-state index in [-0.39, 0.29) is 29.2 Å². The molecule has 1 aliphatic carbocycles. The fourth-order valence-electron chi connectivity index (χ4n) is 4.11. The van der Waals surface area contributed by atoms with E-state index in [0.29, 0.717) is 33.7 Å². The Bertz CT molecular complexity index is 1330. The van der Waals surface area contributed by atoms with Crippen LogP contribution in [0.2, 0.25) is 5.02 Å². The molecule has 7 nitrogen and oxygen atoms in total. The molecule has 1 saturated heterocycles. The van der Waals surface area contributed by atoms with Gasteiger partial charge in [0.05, 0.1) is 39.9 Å². The molecular weight excluding hydrogens is 443 g/mol. The van der Waals surface area contributed by atoms with Gasteiger partial charge in [0.2, 0.25) is 0 Å². The van der Waals surface area contributed by atoms with Gasteiger partial charge in [-0.05, 0) is 50.5 Å². The molecule has 1 aliphatic heterocycles. The minimum atomic E-state index is -3.12. The third kappa shape index (κ3) is 3.80. The molecule has 0 unspecified atom stereocenters. The van der Waals surface area contributed by atoms with E-state index in [9.17, 15) is 17.6 Å². The van der Waals surface area contributed by atoms with E-state index in [1.807, 2.05) is 0 Å². The Balaban J connectivity index is 1.62. The van der Waals surface area contributed by atoms with Crippen molar-refractivity contribution in [1.29, 1.82) is 0 Å². The molecule has 162 valence electrons. The van der Waals surface area contributed by atoms with Crippen molar-refractivity contribution in [3.05, 3.63) is 52.1 Å². The molecule has 3 aromatic rings. The summed E-state index contributed by atoms with van der Waals surface area (Å²) in [7, 11) is -3.12. The van der Waals surface area contributed by atoms with Gasteiger partial charge in [0.1, 0.15) is 5.82 Å². The van der Waals surface area contributed by atoms with E-state index in [2.05, 4.69) is 10.4 Å². The molecule has 5 rings (SSSR count). The van der Waals surface area contributed by atoms with Crippen LogP contribution in [0.5, 0.6) is 0 Å². The Morgan fingerprint density at radius 1 is 1.26 bits per heavy atom. The molecule has 2 aromatic heterocycles. The number of anilines is 1. The van der Waals surface area contributed by atoms with Gasteiger partial charge in [-0.25, -0.2) is 22.5 Å². The summed E-state index contributed by atoms with van der Waals surface area (Å²) in [5.74, 6) is -0.698. The van der Waals surface area contributed by atoms with Crippen LogP contribution in [0.1, 0.15) is 53.0 Å². The topological polar surface area (TPSA) is 93.9 Å². The largest absolute Gasteiger partial charge is 0.319 e. The number of fused-ring (bicyclic) bond motifs is 1. The number of aryl methyl sites for hydroxylation is 1. The molecule has 2 fully saturated rings. The lowest BCUT2D eigenvalue weighted by Crippen LogP contribution is -2.16. The van der Waals surface area contributed by atoms with Gasteiger partial charge in [-0.3, -0.25) is 4.79 Å². The summed E-state index contributed by atoms with van der Waals surface area (Å²) in [6.07, 6.45) is 2.42. The van der Waals surface area contributed by atoms with Gasteiger partial charge >= 0.3 is 0 Å². The zero-order valence-electron chi connectivity index (χ0n) is 16.7. The lowest BCUT2D eigenvalue weighted by Gasteiger charge is -2.12. The number of aromatic nitrogens is 3. The van der Waals surface area contributed by atoms with E-state index in [0.717, 1.165) is 18.5 Å². The van der Waals surface area contributed by atoms with Gasteiger partial charge in [-0.2, -0.15) is 5.10 Å². The SMILES string of the molecule is Cc1nn([C@H]2CCS(=O)(=O)C2)c2nc(C3CC3)cc(C(=O)Nc3cc(Cl)ccc3F)c12. The van der Waals surface area contributed by atoms with E-state index >= 15 is 0 Å². The number of halogens is 2. The summed E-state index contributed by atoms with van der Waals surface area (Å²) in [5.41, 5.74) is 2.18. The zero-order valence-corrected chi connectivity index (χ0v) is 18.3. The average molecular weight is 463 g/mol. The van der Waals surface area contributed by atoms with Crippen LogP contribution in [-0.2, 0) is 9.84 Å². The van der Waals surface area contributed by atoms with Crippen LogP contribution in [0, 0.1) is 12.7 Å². The van der Waals surface area contributed by atoms with Gasteiger partial charge in [-0.15, -0.1) is 0 Å². The maximum absolute atomic E-state index is 14.2. The summed E-state index contributed by atoms with van der Waals surface area (Å²) in [5, 5.41) is 8.02. The predicted octanol–water partition coefficient (Wildman–Crippen LogP) is 4.02. The van der Waals surface area contributed by atoms with Gasteiger partial charge < -0.3 is 5.32 Å².